The largest absolute Gasteiger partial charge is 0.380 e. The van der Waals surface area contributed by atoms with Gasteiger partial charge in [-0.1, -0.05) is 13.8 Å². The highest BCUT2D eigenvalue weighted by Gasteiger charge is 2.20. The number of hydrogen-bond acceptors (Lipinski definition) is 2. The Kier molecular flexibility index (Phi) is 6.05. The maximum Gasteiger partial charge on any atom is 0.128 e. The van der Waals surface area contributed by atoms with Gasteiger partial charge in [-0.05, 0) is 25.0 Å². The Labute approximate surface area is 108 Å². The molecule has 0 bridgehead atoms. The summed E-state index contributed by atoms with van der Waals surface area (Å²) in [5, 5.41) is 0. The van der Waals surface area contributed by atoms with Crippen molar-refractivity contribution in [1.82, 2.24) is 0 Å². The highest BCUT2D eigenvalue weighted by molar-refractivity contribution is 5.47. The Bertz CT molecular complexity index is 351. The van der Waals surface area contributed by atoms with Crippen LogP contribution in [0, 0.1) is 11.6 Å². The molecule has 1 aromatic rings. The summed E-state index contributed by atoms with van der Waals surface area (Å²) in [7, 11) is 1.67. The second kappa shape index (κ2) is 7.31. The van der Waals surface area contributed by atoms with Crippen molar-refractivity contribution in [3.8, 4) is 0 Å². The molecule has 1 aromatic carbocycles. The molecule has 0 aliphatic carbocycles. The Morgan fingerprint density at radius 2 is 1.78 bits per heavy atom. The number of nitrogens with zero attached hydrogens (tertiary/aromatic N) is 1. The van der Waals surface area contributed by atoms with Crippen LogP contribution in [0.25, 0.3) is 0 Å². The number of rotatable bonds is 2. The first-order valence-corrected chi connectivity index (χ1v) is 6.43. The van der Waals surface area contributed by atoms with Crippen LogP contribution in [0.1, 0.15) is 26.7 Å². The summed E-state index contributed by atoms with van der Waals surface area (Å²) in [6, 6.07) is 3.61. The Morgan fingerprint density at radius 1 is 1.17 bits per heavy atom. The van der Waals surface area contributed by atoms with Crippen LogP contribution in [-0.4, -0.2) is 26.3 Å². The molecule has 0 amide bonds. The second-order valence-electron chi connectivity index (χ2n) is 4.07. The lowest BCUT2D eigenvalue weighted by atomic mass is 10.1. The molecule has 1 heterocycles. The van der Waals surface area contributed by atoms with Gasteiger partial charge in [-0.25, -0.2) is 8.78 Å². The molecule has 102 valence electrons. The molecule has 1 atom stereocenters. The minimum absolute atomic E-state index is 0.153. The van der Waals surface area contributed by atoms with Crippen LogP contribution in [0.2, 0.25) is 0 Å². The van der Waals surface area contributed by atoms with Gasteiger partial charge in [0.25, 0.3) is 0 Å². The van der Waals surface area contributed by atoms with Gasteiger partial charge in [0.05, 0.1) is 6.10 Å². The number of benzene rings is 1. The minimum Gasteiger partial charge on any atom is -0.380 e. The number of piperidine rings is 1. The zero-order chi connectivity index (χ0) is 13.5. The third-order valence-corrected chi connectivity index (χ3v) is 2.92. The summed E-state index contributed by atoms with van der Waals surface area (Å²) in [5.74, 6) is -1.07. The van der Waals surface area contributed by atoms with E-state index >= 15 is 0 Å². The predicted octanol–water partition coefficient (Wildman–Crippen LogP) is 3.61. The molecule has 1 aliphatic heterocycles. The SMILES string of the molecule is CC.COC1CCCN(c2cc(F)cc(F)c2)C1. The van der Waals surface area contributed by atoms with E-state index < -0.39 is 11.6 Å². The maximum atomic E-state index is 13.1. The van der Waals surface area contributed by atoms with Crippen LogP contribution in [0.4, 0.5) is 14.5 Å². The molecule has 0 aromatic heterocycles. The molecular formula is C14H21F2NO. The van der Waals surface area contributed by atoms with E-state index in [1.807, 2.05) is 18.7 Å². The predicted molar refractivity (Wildman–Crippen MR) is 70.0 cm³/mol. The normalized spacial score (nSPS) is 19.2. The molecule has 1 fully saturated rings. The lowest BCUT2D eigenvalue weighted by Crippen LogP contribution is -2.39. The number of hydrogen-bond donors (Lipinski definition) is 0. The average Bonchev–Trinajstić information content (AvgIpc) is 2.40. The number of methoxy groups -OCH3 is 1. The van der Waals surface area contributed by atoms with Crippen LogP contribution in [-0.2, 0) is 4.74 Å². The summed E-state index contributed by atoms with van der Waals surface area (Å²) in [6.07, 6.45) is 2.14. The van der Waals surface area contributed by atoms with Gasteiger partial charge in [0.1, 0.15) is 11.6 Å². The van der Waals surface area contributed by atoms with E-state index in [0.29, 0.717) is 12.2 Å². The smallest absolute Gasteiger partial charge is 0.128 e. The van der Waals surface area contributed by atoms with Gasteiger partial charge in [-0.2, -0.15) is 0 Å². The Balaban J connectivity index is 0.000000771. The fourth-order valence-electron chi connectivity index (χ4n) is 2.09. The first-order chi connectivity index (χ1) is 8.69. The van der Waals surface area contributed by atoms with Gasteiger partial charge >= 0.3 is 0 Å². The van der Waals surface area contributed by atoms with Crippen molar-refractivity contribution in [1.29, 1.82) is 0 Å². The highest BCUT2D eigenvalue weighted by atomic mass is 19.1. The van der Waals surface area contributed by atoms with E-state index in [1.54, 1.807) is 7.11 Å². The van der Waals surface area contributed by atoms with Crippen LogP contribution in [0.5, 0.6) is 0 Å². The standard InChI is InChI=1S/C12H15F2NO.C2H6/c1-16-12-3-2-4-15(8-12)11-6-9(13)5-10(14)7-11;1-2/h5-7,12H,2-4,8H2,1H3;1-2H3. The number of halogens is 2. The van der Waals surface area contributed by atoms with Crippen LogP contribution >= 0.6 is 0 Å². The van der Waals surface area contributed by atoms with Crippen LogP contribution in [0.3, 0.4) is 0 Å². The average molecular weight is 257 g/mol. The number of ether oxygens (including phenoxy) is 1. The zero-order valence-corrected chi connectivity index (χ0v) is 11.2. The Hall–Kier alpha value is -1.16. The van der Waals surface area contributed by atoms with E-state index in [0.717, 1.165) is 25.5 Å². The quantitative estimate of drug-likeness (QED) is 0.802. The molecule has 0 spiro atoms. The molecule has 0 radical (unpaired) electrons. The maximum absolute atomic E-state index is 13.1. The van der Waals surface area contributed by atoms with Gasteiger partial charge in [0, 0.05) is 32.0 Å². The van der Waals surface area contributed by atoms with E-state index in [9.17, 15) is 8.78 Å². The molecule has 0 N–H and O–H groups in total. The molecule has 0 saturated carbocycles. The third-order valence-electron chi connectivity index (χ3n) is 2.92. The molecule has 2 nitrogen and oxygen atoms in total. The molecule has 1 aliphatic rings. The molecular weight excluding hydrogens is 236 g/mol. The van der Waals surface area contributed by atoms with Crippen molar-refractivity contribution in [3.05, 3.63) is 29.8 Å². The molecule has 4 heteroatoms. The highest BCUT2D eigenvalue weighted by Crippen LogP contribution is 2.22. The second-order valence-corrected chi connectivity index (χ2v) is 4.07. The van der Waals surface area contributed by atoms with E-state index in [-0.39, 0.29) is 6.10 Å². The van der Waals surface area contributed by atoms with Crippen molar-refractivity contribution in [2.45, 2.75) is 32.8 Å². The summed E-state index contributed by atoms with van der Waals surface area (Å²) in [4.78, 5) is 1.96. The third kappa shape index (κ3) is 3.95. The van der Waals surface area contributed by atoms with E-state index in [4.69, 9.17) is 4.74 Å². The molecule has 1 saturated heterocycles. The van der Waals surface area contributed by atoms with E-state index in [2.05, 4.69) is 0 Å². The van der Waals surface area contributed by atoms with Crippen molar-refractivity contribution in [2.75, 3.05) is 25.1 Å². The first-order valence-electron chi connectivity index (χ1n) is 6.43. The molecule has 1 unspecified atom stereocenters. The monoisotopic (exact) mass is 257 g/mol. The van der Waals surface area contributed by atoms with Crippen molar-refractivity contribution < 1.29 is 13.5 Å². The van der Waals surface area contributed by atoms with Gasteiger partial charge in [-0.15, -0.1) is 0 Å². The Morgan fingerprint density at radius 3 is 2.33 bits per heavy atom. The summed E-state index contributed by atoms with van der Waals surface area (Å²) >= 11 is 0. The summed E-state index contributed by atoms with van der Waals surface area (Å²) < 4.78 is 31.4. The summed E-state index contributed by atoms with van der Waals surface area (Å²) in [5.41, 5.74) is 0.597. The minimum atomic E-state index is -0.533. The van der Waals surface area contributed by atoms with Gasteiger partial charge < -0.3 is 9.64 Å². The first kappa shape index (κ1) is 14.9. The van der Waals surface area contributed by atoms with Crippen LogP contribution < -0.4 is 4.90 Å². The van der Waals surface area contributed by atoms with Gasteiger partial charge in [0.2, 0.25) is 0 Å². The topological polar surface area (TPSA) is 12.5 Å². The molecule has 18 heavy (non-hydrogen) atoms. The van der Waals surface area contributed by atoms with Crippen molar-refractivity contribution in [2.24, 2.45) is 0 Å². The van der Waals surface area contributed by atoms with Crippen LogP contribution in [0.15, 0.2) is 18.2 Å². The lowest BCUT2D eigenvalue weighted by molar-refractivity contribution is 0.0893. The van der Waals surface area contributed by atoms with Gasteiger partial charge in [-0.3, -0.25) is 0 Å². The van der Waals surface area contributed by atoms with E-state index in [1.165, 1.54) is 12.1 Å². The fourth-order valence-corrected chi connectivity index (χ4v) is 2.09. The number of anilines is 1. The zero-order valence-electron chi connectivity index (χ0n) is 11.2. The van der Waals surface area contributed by atoms with Gasteiger partial charge in [0.15, 0.2) is 0 Å². The van der Waals surface area contributed by atoms with Crippen molar-refractivity contribution >= 4 is 5.69 Å². The van der Waals surface area contributed by atoms with Crippen molar-refractivity contribution in [3.63, 3.8) is 0 Å². The lowest BCUT2D eigenvalue weighted by Gasteiger charge is -2.33. The summed E-state index contributed by atoms with van der Waals surface area (Å²) in [6.45, 7) is 5.52. The molecule has 2 rings (SSSR count). The fraction of sp³-hybridized carbons (Fsp3) is 0.571.